The summed E-state index contributed by atoms with van der Waals surface area (Å²) in [6.07, 6.45) is 0.312. The predicted octanol–water partition coefficient (Wildman–Crippen LogP) is 2.14. The SMILES string of the molecule is CC[C@@H](O)c1ccc(OCC(C)CO)cc1. The highest BCUT2D eigenvalue weighted by Gasteiger charge is 2.05. The number of ether oxygens (including phenoxy) is 1. The Morgan fingerprint density at radius 3 is 2.38 bits per heavy atom. The van der Waals surface area contributed by atoms with E-state index < -0.39 is 6.10 Å². The molecule has 90 valence electrons. The molecule has 1 rings (SSSR count). The molecular formula is C13H20O3. The van der Waals surface area contributed by atoms with E-state index in [1.807, 2.05) is 38.1 Å². The first-order valence-corrected chi connectivity index (χ1v) is 5.69. The summed E-state index contributed by atoms with van der Waals surface area (Å²) in [7, 11) is 0. The minimum Gasteiger partial charge on any atom is -0.493 e. The summed E-state index contributed by atoms with van der Waals surface area (Å²) in [6.45, 7) is 4.51. The summed E-state index contributed by atoms with van der Waals surface area (Å²) in [5, 5.41) is 18.5. The lowest BCUT2D eigenvalue weighted by Crippen LogP contribution is -2.12. The third kappa shape index (κ3) is 3.83. The summed E-state index contributed by atoms with van der Waals surface area (Å²) >= 11 is 0. The minimum atomic E-state index is -0.398. The Bertz CT molecular complexity index is 295. The van der Waals surface area contributed by atoms with Crippen molar-refractivity contribution in [3.63, 3.8) is 0 Å². The van der Waals surface area contributed by atoms with E-state index in [4.69, 9.17) is 9.84 Å². The molecule has 0 heterocycles. The molecule has 1 unspecified atom stereocenters. The van der Waals surface area contributed by atoms with Gasteiger partial charge in [0.2, 0.25) is 0 Å². The molecule has 0 aliphatic carbocycles. The van der Waals surface area contributed by atoms with Gasteiger partial charge in [0.15, 0.2) is 0 Å². The second-order valence-corrected chi connectivity index (χ2v) is 4.09. The maximum Gasteiger partial charge on any atom is 0.119 e. The second kappa shape index (κ2) is 6.51. The zero-order chi connectivity index (χ0) is 12.0. The zero-order valence-corrected chi connectivity index (χ0v) is 9.89. The molecule has 2 N–H and O–H groups in total. The van der Waals surface area contributed by atoms with Gasteiger partial charge in [-0.2, -0.15) is 0 Å². The third-order valence-corrected chi connectivity index (χ3v) is 2.50. The average molecular weight is 224 g/mol. The van der Waals surface area contributed by atoms with Gasteiger partial charge in [-0.05, 0) is 24.1 Å². The molecular weight excluding hydrogens is 204 g/mol. The molecule has 3 nitrogen and oxygen atoms in total. The van der Waals surface area contributed by atoms with Crippen LogP contribution < -0.4 is 4.74 Å². The Hall–Kier alpha value is -1.06. The fourth-order valence-electron chi connectivity index (χ4n) is 1.31. The normalized spacial score (nSPS) is 14.5. The topological polar surface area (TPSA) is 49.7 Å². The van der Waals surface area contributed by atoms with Crippen molar-refractivity contribution in [1.29, 1.82) is 0 Å². The summed E-state index contributed by atoms with van der Waals surface area (Å²) < 4.78 is 5.49. The van der Waals surface area contributed by atoms with Crippen LogP contribution in [-0.4, -0.2) is 23.4 Å². The van der Waals surface area contributed by atoms with Gasteiger partial charge in [-0.15, -0.1) is 0 Å². The van der Waals surface area contributed by atoms with E-state index in [1.165, 1.54) is 0 Å². The molecule has 0 aromatic heterocycles. The highest BCUT2D eigenvalue weighted by Crippen LogP contribution is 2.20. The van der Waals surface area contributed by atoms with Crippen LogP contribution in [0.4, 0.5) is 0 Å². The maximum absolute atomic E-state index is 9.60. The van der Waals surface area contributed by atoms with E-state index in [0.717, 1.165) is 11.3 Å². The van der Waals surface area contributed by atoms with E-state index in [0.29, 0.717) is 13.0 Å². The molecule has 0 saturated heterocycles. The molecule has 0 aliphatic rings. The Kier molecular flexibility index (Phi) is 5.29. The molecule has 0 fully saturated rings. The first-order valence-electron chi connectivity index (χ1n) is 5.69. The highest BCUT2D eigenvalue weighted by molar-refractivity contribution is 5.28. The second-order valence-electron chi connectivity index (χ2n) is 4.09. The van der Waals surface area contributed by atoms with Gasteiger partial charge in [0.1, 0.15) is 5.75 Å². The first kappa shape index (κ1) is 13.0. The smallest absolute Gasteiger partial charge is 0.119 e. The molecule has 1 aromatic rings. The van der Waals surface area contributed by atoms with Gasteiger partial charge in [0.05, 0.1) is 12.7 Å². The molecule has 16 heavy (non-hydrogen) atoms. The van der Waals surface area contributed by atoms with E-state index in [-0.39, 0.29) is 12.5 Å². The van der Waals surface area contributed by atoms with Crippen molar-refractivity contribution in [2.24, 2.45) is 5.92 Å². The van der Waals surface area contributed by atoms with Gasteiger partial charge in [-0.25, -0.2) is 0 Å². The van der Waals surface area contributed by atoms with Gasteiger partial charge >= 0.3 is 0 Å². The lowest BCUT2D eigenvalue weighted by atomic mass is 10.1. The standard InChI is InChI=1S/C13H20O3/c1-3-13(15)11-4-6-12(7-5-11)16-9-10(2)8-14/h4-7,10,13-15H,3,8-9H2,1-2H3/t10?,13-/m1/s1. The lowest BCUT2D eigenvalue weighted by Gasteiger charge is -2.12. The summed E-state index contributed by atoms with van der Waals surface area (Å²) in [5.74, 6) is 0.910. The van der Waals surface area contributed by atoms with Crippen molar-refractivity contribution in [1.82, 2.24) is 0 Å². The van der Waals surface area contributed by atoms with Gasteiger partial charge in [-0.3, -0.25) is 0 Å². The maximum atomic E-state index is 9.60. The highest BCUT2D eigenvalue weighted by atomic mass is 16.5. The van der Waals surface area contributed by atoms with E-state index in [2.05, 4.69) is 0 Å². The van der Waals surface area contributed by atoms with Crippen molar-refractivity contribution in [3.8, 4) is 5.75 Å². The van der Waals surface area contributed by atoms with Crippen molar-refractivity contribution in [2.75, 3.05) is 13.2 Å². The number of rotatable bonds is 6. The van der Waals surface area contributed by atoms with Gasteiger partial charge in [0, 0.05) is 12.5 Å². The van der Waals surface area contributed by atoms with Crippen LogP contribution in [0.2, 0.25) is 0 Å². The van der Waals surface area contributed by atoms with Gasteiger partial charge in [0.25, 0.3) is 0 Å². The average Bonchev–Trinajstić information content (AvgIpc) is 2.35. The van der Waals surface area contributed by atoms with E-state index >= 15 is 0 Å². The number of aliphatic hydroxyl groups excluding tert-OH is 2. The molecule has 2 atom stereocenters. The first-order chi connectivity index (χ1) is 7.67. The quantitative estimate of drug-likeness (QED) is 0.778. The van der Waals surface area contributed by atoms with Crippen LogP contribution in [0.1, 0.15) is 31.9 Å². The molecule has 1 aromatic carbocycles. The third-order valence-electron chi connectivity index (χ3n) is 2.50. The van der Waals surface area contributed by atoms with Crippen LogP contribution in [0.15, 0.2) is 24.3 Å². The van der Waals surface area contributed by atoms with E-state index in [1.54, 1.807) is 0 Å². The minimum absolute atomic E-state index is 0.132. The molecule has 0 bridgehead atoms. The van der Waals surface area contributed by atoms with Crippen LogP contribution in [0.3, 0.4) is 0 Å². The summed E-state index contributed by atoms with van der Waals surface area (Å²) in [5.41, 5.74) is 0.907. The van der Waals surface area contributed by atoms with Crippen LogP contribution in [-0.2, 0) is 0 Å². The van der Waals surface area contributed by atoms with Gasteiger partial charge < -0.3 is 14.9 Å². The Labute approximate surface area is 96.7 Å². The summed E-state index contributed by atoms with van der Waals surface area (Å²) in [4.78, 5) is 0. The predicted molar refractivity (Wildman–Crippen MR) is 63.4 cm³/mol. The Morgan fingerprint density at radius 1 is 1.25 bits per heavy atom. The van der Waals surface area contributed by atoms with Gasteiger partial charge in [-0.1, -0.05) is 26.0 Å². The molecule has 0 radical (unpaired) electrons. The number of hydrogen-bond acceptors (Lipinski definition) is 3. The number of benzene rings is 1. The van der Waals surface area contributed by atoms with Crippen molar-refractivity contribution < 1.29 is 14.9 Å². The molecule has 0 amide bonds. The molecule has 0 saturated carbocycles. The van der Waals surface area contributed by atoms with Crippen LogP contribution in [0.25, 0.3) is 0 Å². The number of hydrogen-bond donors (Lipinski definition) is 2. The van der Waals surface area contributed by atoms with Crippen molar-refractivity contribution in [3.05, 3.63) is 29.8 Å². The van der Waals surface area contributed by atoms with Crippen LogP contribution in [0.5, 0.6) is 5.75 Å². The van der Waals surface area contributed by atoms with Crippen LogP contribution >= 0.6 is 0 Å². The Morgan fingerprint density at radius 2 is 1.88 bits per heavy atom. The van der Waals surface area contributed by atoms with Crippen molar-refractivity contribution >= 4 is 0 Å². The summed E-state index contributed by atoms with van der Waals surface area (Å²) in [6, 6.07) is 7.43. The fraction of sp³-hybridized carbons (Fsp3) is 0.538. The zero-order valence-electron chi connectivity index (χ0n) is 9.89. The number of aliphatic hydroxyl groups is 2. The van der Waals surface area contributed by atoms with Crippen molar-refractivity contribution in [2.45, 2.75) is 26.4 Å². The van der Waals surface area contributed by atoms with E-state index in [9.17, 15) is 5.11 Å². The molecule has 0 aliphatic heterocycles. The fourth-order valence-corrected chi connectivity index (χ4v) is 1.31. The molecule has 3 heteroatoms. The Balaban J connectivity index is 2.51. The molecule has 0 spiro atoms. The lowest BCUT2D eigenvalue weighted by molar-refractivity contribution is 0.171. The monoisotopic (exact) mass is 224 g/mol. The largest absolute Gasteiger partial charge is 0.493 e. The van der Waals surface area contributed by atoms with Crippen LogP contribution in [0, 0.1) is 5.92 Å².